The summed E-state index contributed by atoms with van der Waals surface area (Å²) in [6, 6.07) is 4.62. The second-order valence-corrected chi connectivity index (χ2v) is 5.42. The van der Waals surface area contributed by atoms with E-state index in [2.05, 4.69) is 12.2 Å². The number of benzene rings is 1. The van der Waals surface area contributed by atoms with E-state index in [1.165, 1.54) is 25.3 Å². The zero-order valence-electron chi connectivity index (χ0n) is 10.4. The minimum absolute atomic E-state index is 0.0879. The molecule has 1 aliphatic rings. The average molecular weight is 269 g/mol. The largest absolute Gasteiger partial charge is 0.379 e. The predicted octanol–water partition coefficient (Wildman–Crippen LogP) is 4.24. The van der Waals surface area contributed by atoms with E-state index in [0.717, 1.165) is 13.0 Å². The molecule has 2 rings (SSSR count). The van der Waals surface area contributed by atoms with Crippen LogP contribution in [-0.2, 0) is 0 Å². The molecule has 0 unspecified atom stereocenters. The Morgan fingerprint density at radius 3 is 2.72 bits per heavy atom. The zero-order valence-corrected chi connectivity index (χ0v) is 11.2. The van der Waals surface area contributed by atoms with Crippen molar-refractivity contribution in [3.63, 3.8) is 0 Å². The molecule has 1 N–H and O–H groups in total. The van der Waals surface area contributed by atoms with Gasteiger partial charge in [0, 0.05) is 17.6 Å². The number of halogens is 1. The summed E-state index contributed by atoms with van der Waals surface area (Å²) in [5.74, 6) is 0. The number of nitro groups is 1. The number of hydrogen-bond donors (Lipinski definition) is 1. The van der Waals surface area contributed by atoms with Crippen LogP contribution in [0.4, 0.5) is 11.4 Å². The van der Waals surface area contributed by atoms with E-state index in [1.807, 2.05) is 0 Å². The fourth-order valence-corrected chi connectivity index (χ4v) is 2.60. The Labute approximate surface area is 111 Å². The van der Waals surface area contributed by atoms with E-state index in [4.69, 9.17) is 11.6 Å². The van der Waals surface area contributed by atoms with Gasteiger partial charge in [-0.05, 0) is 36.8 Å². The van der Waals surface area contributed by atoms with Crippen LogP contribution in [0.25, 0.3) is 0 Å². The maximum Gasteiger partial charge on any atom is 0.292 e. The van der Waals surface area contributed by atoms with Crippen LogP contribution in [0.2, 0.25) is 5.02 Å². The number of nitro benzene ring substituents is 1. The van der Waals surface area contributed by atoms with Crippen molar-refractivity contribution in [3.8, 4) is 0 Å². The number of nitrogens with zero attached hydrogens (tertiary/aromatic N) is 1. The molecule has 0 atom stereocenters. The molecule has 0 bridgehead atoms. The van der Waals surface area contributed by atoms with Gasteiger partial charge in [0.05, 0.1) is 4.92 Å². The van der Waals surface area contributed by atoms with Gasteiger partial charge in [0.2, 0.25) is 0 Å². The van der Waals surface area contributed by atoms with Crippen LogP contribution in [0.1, 0.15) is 32.6 Å². The van der Waals surface area contributed by atoms with Crippen LogP contribution in [0.5, 0.6) is 0 Å². The molecule has 18 heavy (non-hydrogen) atoms. The average Bonchev–Trinajstić information content (AvgIpc) is 2.28. The third-order valence-corrected chi connectivity index (χ3v) is 4.21. The van der Waals surface area contributed by atoms with Gasteiger partial charge in [-0.3, -0.25) is 10.1 Å². The van der Waals surface area contributed by atoms with E-state index < -0.39 is 0 Å². The fourth-order valence-electron chi connectivity index (χ4n) is 2.42. The van der Waals surface area contributed by atoms with Crippen molar-refractivity contribution >= 4 is 23.0 Å². The molecule has 0 saturated heterocycles. The Balaban J connectivity index is 2.12. The van der Waals surface area contributed by atoms with E-state index in [0.29, 0.717) is 16.1 Å². The minimum atomic E-state index is -0.377. The summed E-state index contributed by atoms with van der Waals surface area (Å²) < 4.78 is 0. The van der Waals surface area contributed by atoms with E-state index in [-0.39, 0.29) is 10.6 Å². The van der Waals surface area contributed by atoms with Gasteiger partial charge in [0.25, 0.3) is 5.69 Å². The topological polar surface area (TPSA) is 55.2 Å². The first-order valence-corrected chi connectivity index (χ1v) is 6.62. The molecule has 4 nitrogen and oxygen atoms in total. The summed E-state index contributed by atoms with van der Waals surface area (Å²) in [5.41, 5.74) is 0.924. The summed E-state index contributed by atoms with van der Waals surface area (Å²) in [4.78, 5) is 10.6. The molecule has 0 radical (unpaired) electrons. The predicted molar refractivity (Wildman–Crippen MR) is 73.2 cm³/mol. The van der Waals surface area contributed by atoms with Gasteiger partial charge in [0.15, 0.2) is 0 Å². The molecule has 1 aliphatic carbocycles. The molecule has 1 fully saturated rings. The number of hydrogen-bond acceptors (Lipinski definition) is 3. The zero-order chi connectivity index (χ0) is 13.2. The van der Waals surface area contributed by atoms with E-state index >= 15 is 0 Å². The second kappa shape index (κ2) is 5.14. The van der Waals surface area contributed by atoms with Crippen LogP contribution in [0.3, 0.4) is 0 Å². The molecule has 0 aromatic heterocycles. The van der Waals surface area contributed by atoms with Crippen molar-refractivity contribution in [1.29, 1.82) is 0 Å². The molecule has 98 valence electrons. The van der Waals surface area contributed by atoms with Crippen LogP contribution in [-0.4, -0.2) is 11.5 Å². The molecular weight excluding hydrogens is 252 g/mol. The lowest BCUT2D eigenvalue weighted by molar-refractivity contribution is -0.384. The van der Waals surface area contributed by atoms with Crippen LogP contribution < -0.4 is 5.32 Å². The highest BCUT2D eigenvalue weighted by molar-refractivity contribution is 6.31. The SMILES string of the molecule is CCC1(CNc2cc(Cl)ccc2[N+](=O)[O-])CCC1. The Hall–Kier alpha value is -1.29. The lowest BCUT2D eigenvalue weighted by Gasteiger charge is -2.41. The van der Waals surface area contributed by atoms with Crippen LogP contribution in [0, 0.1) is 15.5 Å². The third-order valence-electron chi connectivity index (χ3n) is 3.97. The molecule has 0 spiro atoms. The highest BCUT2D eigenvalue weighted by atomic mass is 35.5. The van der Waals surface area contributed by atoms with E-state index in [9.17, 15) is 10.1 Å². The monoisotopic (exact) mass is 268 g/mol. The lowest BCUT2D eigenvalue weighted by atomic mass is 9.67. The first-order chi connectivity index (χ1) is 8.56. The molecule has 1 aromatic rings. The Kier molecular flexibility index (Phi) is 3.76. The van der Waals surface area contributed by atoms with Crippen molar-refractivity contribution in [2.75, 3.05) is 11.9 Å². The standard InChI is InChI=1S/C13H17ClN2O2/c1-2-13(6-3-7-13)9-15-11-8-10(14)4-5-12(11)16(17)18/h4-5,8,15H,2-3,6-7,9H2,1H3. The molecule has 0 heterocycles. The lowest BCUT2D eigenvalue weighted by Crippen LogP contribution is -2.35. The summed E-state index contributed by atoms with van der Waals surface area (Å²) in [6.45, 7) is 2.96. The molecule has 5 heteroatoms. The number of rotatable bonds is 5. The third kappa shape index (κ3) is 2.58. The van der Waals surface area contributed by atoms with Crippen molar-refractivity contribution in [2.24, 2.45) is 5.41 Å². The minimum Gasteiger partial charge on any atom is -0.379 e. The van der Waals surface area contributed by atoms with Crippen molar-refractivity contribution in [3.05, 3.63) is 33.3 Å². The first-order valence-electron chi connectivity index (χ1n) is 6.24. The number of anilines is 1. The highest BCUT2D eigenvalue weighted by Gasteiger charge is 2.35. The van der Waals surface area contributed by atoms with Crippen molar-refractivity contribution < 1.29 is 4.92 Å². The summed E-state index contributed by atoms with van der Waals surface area (Å²) in [7, 11) is 0. The first kappa shape index (κ1) is 13.1. The Bertz CT molecular complexity index is 453. The fraction of sp³-hybridized carbons (Fsp3) is 0.538. The van der Waals surface area contributed by atoms with Gasteiger partial charge in [-0.2, -0.15) is 0 Å². The smallest absolute Gasteiger partial charge is 0.292 e. The van der Waals surface area contributed by atoms with Crippen molar-refractivity contribution in [2.45, 2.75) is 32.6 Å². The van der Waals surface area contributed by atoms with Crippen LogP contribution in [0.15, 0.2) is 18.2 Å². The maximum absolute atomic E-state index is 10.9. The second-order valence-electron chi connectivity index (χ2n) is 4.98. The summed E-state index contributed by atoms with van der Waals surface area (Å²) >= 11 is 5.89. The van der Waals surface area contributed by atoms with E-state index in [1.54, 1.807) is 12.1 Å². The van der Waals surface area contributed by atoms with Crippen molar-refractivity contribution in [1.82, 2.24) is 0 Å². The summed E-state index contributed by atoms with van der Waals surface area (Å²) in [5, 5.41) is 14.7. The van der Waals surface area contributed by atoms with Gasteiger partial charge in [-0.25, -0.2) is 0 Å². The normalized spacial score (nSPS) is 17.0. The number of nitrogens with one attached hydrogen (secondary N) is 1. The van der Waals surface area contributed by atoms with Gasteiger partial charge < -0.3 is 5.32 Å². The van der Waals surface area contributed by atoms with Gasteiger partial charge >= 0.3 is 0 Å². The Morgan fingerprint density at radius 1 is 1.50 bits per heavy atom. The molecular formula is C13H17ClN2O2. The van der Waals surface area contributed by atoms with Gasteiger partial charge in [-0.15, -0.1) is 0 Å². The molecule has 0 aliphatic heterocycles. The van der Waals surface area contributed by atoms with Gasteiger partial charge in [0.1, 0.15) is 5.69 Å². The quantitative estimate of drug-likeness (QED) is 0.642. The molecule has 0 amide bonds. The van der Waals surface area contributed by atoms with Gasteiger partial charge in [-0.1, -0.05) is 24.9 Å². The molecule has 1 aromatic carbocycles. The van der Waals surface area contributed by atoms with Crippen LogP contribution >= 0.6 is 11.6 Å². The Morgan fingerprint density at radius 2 is 2.22 bits per heavy atom. The molecule has 1 saturated carbocycles. The highest BCUT2D eigenvalue weighted by Crippen LogP contribution is 2.44. The maximum atomic E-state index is 10.9. The summed E-state index contributed by atoms with van der Waals surface area (Å²) in [6.07, 6.45) is 4.76.